The molecule has 20 heavy (non-hydrogen) atoms. The van der Waals surface area contributed by atoms with Crippen molar-refractivity contribution in [3.8, 4) is 0 Å². The molecule has 104 valence electrons. The van der Waals surface area contributed by atoms with Crippen LogP contribution in [0.5, 0.6) is 0 Å². The Morgan fingerprint density at radius 3 is 2.55 bits per heavy atom. The van der Waals surface area contributed by atoms with Gasteiger partial charge in [-0.3, -0.25) is 10.1 Å². The molecule has 0 saturated heterocycles. The molecule has 2 aromatic rings. The Hall–Kier alpha value is -1.91. The zero-order valence-electron chi connectivity index (χ0n) is 10.6. The molecule has 0 fully saturated rings. The van der Waals surface area contributed by atoms with Crippen LogP contribution in [-0.2, 0) is 11.3 Å². The van der Waals surface area contributed by atoms with Crippen LogP contribution in [0, 0.1) is 5.82 Å². The number of nitrogens with two attached hydrogens (primary N) is 1. The first kappa shape index (κ1) is 14.5. The van der Waals surface area contributed by atoms with E-state index in [1.165, 1.54) is 12.1 Å². The van der Waals surface area contributed by atoms with Crippen LogP contribution >= 0.6 is 11.6 Å². The lowest BCUT2D eigenvalue weighted by Crippen LogP contribution is -2.33. The van der Waals surface area contributed by atoms with E-state index in [0.717, 1.165) is 11.6 Å². The molecule has 1 amide bonds. The average Bonchev–Trinajstić information content (AvgIpc) is 2.42. The second-order valence-corrected chi connectivity index (χ2v) is 4.80. The summed E-state index contributed by atoms with van der Waals surface area (Å²) in [6, 6.07) is 12.7. The van der Waals surface area contributed by atoms with Gasteiger partial charge in [-0.1, -0.05) is 48.0 Å². The molecule has 5 heteroatoms. The van der Waals surface area contributed by atoms with E-state index in [2.05, 4.69) is 5.32 Å². The number of primary amides is 1. The smallest absolute Gasteiger partial charge is 0.239 e. The topological polar surface area (TPSA) is 55.1 Å². The molecular weight excluding hydrogens is 279 g/mol. The Morgan fingerprint density at radius 1 is 1.25 bits per heavy atom. The number of hydrogen-bond donors (Lipinski definition) is 2. The number of benzene rings is 2. The molecular formula is C15H14ClFN2O. The van der Waals surface area contributed by atoms with Crippen molar-refractivity contribution in [3.63, 3.8) is 0 Å². The lowest BCUT2D eigenvalue weighted by Gasteiger charge is -2.16. The lowest BCUT2D eigenvalue weighted by molar-refractivity contribution is -0.120. The Labute approximate surface area is 121 Å². The van der Waals surface area contributed by atoms with E-state index in [1.54, 1.807) is 0 Å². The van der Waals surface area contributed by atoms with Crippen LogP contribution in [0.2, 0.25) is 5.02 Å². The lowest BCUT2D eigenvalue weighted by atomic mass is 10.1. The number of rotatable bonds is 5. The van der Waals surface area contributed by atoms with Crippen molar-refractivity contribution < 1.29 is 9.18 Å². The summed E-state index contributed by atoms with van der Waals surface area (Å²) in [7, 11) is 0. The fraction of sp³-hybridized carbons (Fsp3) is 0.133. The van der Waals surface area contributed by atoms with Gasteiger partial charge in [0.2, 0.25) is 5.91 Å². The van der Waals surface area contributed by atoms with Gasteiger partial charge in [-0.2, -0.15) is 0 Å². The van der Waals surface area contributed by atoms with Crippen LogP contribution in [0.4, 0.5) is 4.39 Å². The van der Waals surface area contributed by atoms with Gasteiger partial charge in [0.25, 0.3) is 0 Å². The normalized spacial score (nSPS) is 12.1. The van der Waals surface area contributed by atoms with Crippen molar-refractivity contribution in [2.45, 2.75) is 12.6 Å². The molecule has 0 aliphatic rings. The predicted molar refractivity (Wildman–Crippen MR) is 76.6 cm³/mol. The number of halogens is 2. The van der Waals surface area contributed by atoms with E-state index in [4.69, 9.17) is 17.3 Å². The largest absolute Gasteiger partial charge is 0.368 e. The molecule has 1 unspecified atom stereocenters. The van der Waals surface area contributed by atoms with E-state index in [0.29, 0.717) is 6.54 Å². The monoisotopic (exact) mass is 292 g/mol. The fourth-order valence-electron chi connectivity index (χ4n) is 1.92. The van der Waals surface area contributed by atoms with Gasteiger partial charge in [-0.05, 0) is 17.7 Å². The van der Waals surface area contributed by atoms with Crippen molar-refractivity contribution in [3.05, 3.63) is 70.5 Å². The summed E-state index contributed by atoms with van der Waals surface area (Å²) in [6.07, 6.45) is 0. The molecule has 0 aromatic heterocycles. The van der Waals surface area contributed by atoms with Crippen LogP contribution in [0.15, 0.2) is 48.5 Å². The summed E-state index contributed by atoms with van der Waals surface area (Å²) in [4.78, 5) is 11.5. The zero-order valence-corrected chi connectivity index (χ0v) is 11.4. The second kappa shape index (κ2) is 6.50. The molecule has 0 aliphatic carbocycles. The second-order valence-electron chi connectivity index (χ2n) is 4.37. The molecule has 0 radical (unpaired) electrons. The van der Waals surface area contributed by atoms with E-state index < -0.39 is 17.8 Å². The first-order valence-corrected chi connectivity index (χ1v) is 6.47. The van der Waals surface area contributed by atoms with Gasteiger partial charge in [0.05, 0.1) is 0 Å². The number of hydrogen-bond acceptors (Lipinski definition) is 2. The minimum Gasteiger partial charge on any atom is -0.368 e. The van der Waals surface area contributed by atoms with E-state index >= 15 is 0 Å². The Kier molecular flexibility index (Phi) is 4.71. The summed E-state index contributed by atoms with van der Waals surface area (Å²) in [5.41, 5.74) is 6.51. The standard InChI is InChI=1S/C15H14ClFN2O/c16-11-6-7-12(13(17)8-11)14(15(18)20)19-9-10-4-2-1-3-5-10/h1-8,14,19H,9H2,(H2,18,20). The highest BCUT2D eigenvalue weighted by atomic mass is 35.5. The number of amides is 1. The first-order valence-electron chi connectivity index (χ1n) is 6.09. The summed E-state index contributed by atoms with van der Waals surface area (Å²) in [5, 5.41) is 3.23. The van der Waals surface area contributed by atoms with Crippen molar-refractivity contribution in [1.82, 2.24) is 5.32 Å². The highest BCUT2D eigenvalue weighted by molar-refractivity contribution is 6.30. The van der Waals surface area contributed by atoms with E-state index in [9.17, 15) is 9.18 Å². The third kappa shape index (κ3) is 3.56. The van der Waals surface area contributed by atoms with Gasteiger partial charge in [-0.15, -0.1) is 0 Å². The molecule has 0 bridgehead atoms. The molecule has 0 aliphatic heterocycles. The molecule has 1 atom stereocenters. The third-order valence-electron chi connectivity index (χ3n) is 2.91. The number of nitrogens with one attached hydrogen (secondary N) is 1. The number of carbonyl (C=O) groups excluding carboxylic acids is 1. The third-order valence-corrected chi connectivity index (χ3v) is 3.15. The summed E-state index contributed by atoms with van der Waals surface area (Å²) in [5.74, 6) is -1.19. The van der Waals surface area contributed by atoms with Gasteiger partial charge in [0.1, 0.15) is 11.9 Å². The van der Waals surface area contributed by atoms with Gasteiger partial charge in [0, 0.05) is 17.1 Å². The van der Waals surface area contributed by atoms with Crippen molar-refractivity contribution in [2.75, 3.05) is 0 Å². The molecule has 3 N–H and O–H groups in total. The molecule has 2 rings (SSSR count). The molecule has 0 saturated carbocycles. The molecule has 2 aromatic carbocycles. The molecule has 0 heterocycles. The molecule has 3 nitrogen and oxygen atoms in total. The SMILES string of the molecule is NC(=O)C(NCc1ccccc1)c1ccc(Cl)cc1F. The van der Waals surface area contributed by atoms with Crippen molar-refractivity contribution in [1.29, 1.82) is 0 Å². The van der Waals surface area contributed by atoms with Gasteiger partial charge < -0.3 is 5.73 Å². The van der Waals surface area contributed by atoms with Gasteiger partial charge in [0.15, 0.2) is 0 Å². The van der Waals surface area contributed by atoms with Crippen LogP contribution in [0.25, 0.3) is 0 Å². The Morgan fingerprint density at radius 2 is 1.95 bits per heavy atom. The fourth-order valence-corrected chi connectivity index (χ4v) is 2.07. The maximum absolute atomic E-state index is 13.9. The highest BCUT2D eigenvalue weighted by Gasteiger charge is 2.20. The minimum absolute atomic E-state index is 0.192. The number of carbonyl (C=O) groups is 1. The van der Waals surface area contributed by atoms with Crippen LogP contribution in [-0.4, -0.2) is 5.91 Å². The minimum atomic E-state index is -0.896. The van der Waals surface area contributed by atoms with Crippen LogP contribution < -0.4 is 11.1 Å². The summed E-state index contributed by atoms with van der Waals surface area (Å²) >= 11 is 5.70. The highest BCUT2D eigenvalue weighted by Crippen LogP contribution is 2.21. The van der Waals surface area contributed by atoms with Crippen molar-refractivity contribution >= 4 is 17.5 Å². The predicted octanol–water partition coefficient (Wildman–Crippen LogP) is 2.80. The zero-order chi connectivity index (χ0) is 14.5. The Bertz CT molecular complexity index is 604. The Balaban J connectivity index is 2.17. The summed E-state index contributed by atoms with van der Waals surface area (Å²) in [6.45, 7) is 0.413. The maximum atomic E-state index is 13.9. The average molecular weight is 293 g/mol. The van der Waals surface area contributed by atoms with Crippen molar-refractivity contribution in [2.24, 2.45) is 5.73 Å². The van der Waals surface area contributed by atoms with E-state index in [-0.39, 0.29) is 10.6 Å². The first-order chi connectivity index (χ1) is 9.58. The molecule has 0 spiro atoms. The van der Waals surface area contributed by atoms with Crippen LogP contribution in [0.3, 0.4) is 0 Å². The maximum Gasteiger partial charge on any atom is 0.239 e. The van der Waals surface area contributed by atoms with Crippen LogP contribution in [0.1, 0.15) is 17.2 Å². The van der Waals surface area contributed by atoms with Gasteiger partial charge in [-0.25, -0.2) is 4.39 Å². The van der Waals surface area contributed by atoms with Gasteiger partial charge >= 0.3 is 0 Å². The summed E-state index contributed by atoms with van der Waals surface area (Å²) < 4.78 is 13.9. The van der Waals surface area contributed by atoms with E-state index in [1.807, 2.05) is 30.3 Å². The quantitative estimate of drug-likeness (QED) is 0.890.